The van der Waals surface area contributed by atoms with E-state index in [-0.39, 0.29) is 11.9 Å². The predicted molar refractivity (Wildman–Crippen MR) is 96.5 cm³/mol. The molecule has 3 aromatic rings. The Morgan fingerprint density at radius 1 is 1.30 bits per heavy atom. The molecule has 3 aromatic heterocycles. The van der Waals surface area contributed by atoms with Crippen molar-refractivity contribution in [1.29, 1.82) is 0 Å². The van der Waals surface area contributed by atoms with Gasteiger partial charge in [-0.2, -0.15) is 5.10 Å². The lowest BCUT2D eigenvalue weighted by Gasteiger charge is -2.33. The van der Waals surface area contributed by atoms with Gasteiger partial charge in [-0.25, -0.2) is 9.97 Å². The van der Waals surface area contributed by atoms with E-state index in [9.17, 15) is 4.79 Å². The summed E-state index contributed by atoms with van der Waals surface area (Å²) in [5, 5.41) is 4.40. The molecule has 27 heavy (non-hydrogen) atoms. The lowest BCUT2D eigenvalue weighted by molar-refractivity contribution is 0.0627. The third-order valence-corrected chi connectivity index (χ3v) is 4.62. The van der Waals surface area contributed by atoms with E-state index >= 15 is 0 Å². The molecule has 0 bridgehead atoms. The van der Waals surface area contributed by atoms with Crippen LogP contribution in [-0.2, 0) is 6.54 Å². The Labute approximate surface area is 156 Å². The molecule has 1 unspecified atom stereocenters. The van der Waals surface area contributed by atoms with Crippen LogP contribution >= 0.6 is 0 Å². The first-order valence-corrected chi connectivity index (χ1v) is 8.82. The smallest absolute Gasteiger partial charge is 0.316 e. The van der Waals surface area contributed by atoms with Gasteiger partial charge in [0.1, 0.15) is 24.2 Å². The number of aryl methyl sites for hydroxylation is 3. The van der Waals surface area contributed by atoms with Crippen LogP contribution < -0.4 is 4.74 Å². The molecule has 4 rings (SSSR count). The van der Waals surface area contributed by atoms with Gasteiger partial charge in [-0.05, 0) is 39.0 Å². The maximum absolute atomic E-state index is 13.0. The Bertz CT molecular complexity index is 977. The minimum Gasteiger partial charge on any atom is -0.466 e. The monoisotopic (exact) mass is 367 g/mol. The molecule has 4 heterocycles. The lowest BCUT2D eigenvalue weighted by atomic mass is 10.1. The first-order chi connectivity index (χ1) is 13.0. The quantitative estimate of drug-likeness (QED) is 0.704. The molecule has 8 nitrogen and oxygen atoms in total. The largest absolute Gasteiger partial charge is 0.466 e. The van der Waals surface area contributed by atoms with Crippen LogP contribution in [0, 0.1) is 20.8 Å². The molecule has 1 amide bonds. The molecule has 0 N–H and O–H groups in total. The van der Waals surface area contributed by atoms with Crippen LogP contribution in [0.3, 0.4) is 0 Å². The molecular weight excluding hydrogens is 346 g/mol. The van der Waals surface area contributed by atoms with Crippen molar-refractivity contribution in [3.8, 4) is 6.01 Å². The van der Waals surface area contributed by atoms with Crippen molar-refractivity contribution < 1.29 is 13.9 Å². The van der Waals surface area contributed by atoms with Gasteiger partial charge in [-0.15, -0.1) is 0 Å². The van der Waals surface area contributed by atoms with Crippen molar-refractivity contribution in [2.45, 2.75) is 33.4 Å². The van der Waals surface area contributed by atoms with Gasteiger partial charge in [0.2, 0.25) is 0 Å². The summed E-state index contributed by atoms with van der Waals surface area (Å²) >= 11 is 0. The van der Waals surface area contributed by atoms with E-state index in [1.54, 1.807) is 23.4 Å². The van der Waals surface area contributed by atoms with E-state index in [2.05, 4.69) is 15.1 Å². The Hall–Kier alpha value is -3.16. The molecule has 0 saturated carbocycles. The van der Waals surface area contributed by atoms with Gasteiger partial charge < -0.3 is 14.1 Å². The molecule has 1 aliphatic rings. The summed E-state index contributed by atoms with van der Waals surface area (Å²) in [7, 11) is 0. The zero-order valence-electron chi connectivity index (χ0n) is 15.5. The van der Waals surface area contributed by atoms with Crippen LogP contribution in [0.15, 0.2) is 35.0 Å². The van der Waals surface area contributed by atoms with Crippen LogP contribution in [0.5, 0.6) is 6.01 Å². The number of ether oxygens (including phenoxy) is 1. The van der Waals surface area contributed by atoms with Gasteiger partial charge in [-0.3, -0.25) is 9.48 Å². The molecule has 0 saturated heterocycles. The van der Waals surface area contributed by atoms with Gasteiger partial charge in [0.05, 0.1) is 17.8 Å². The number of hydrogen-bond donors (Lipinski definition) is 0. The number of rotatable bonds is 4. The Kier molecular flexibility index (Phi) is 4.39. The maximum Gasteiger partial charge on any atom is 0.316 e. The first kappa shape index (κ1) is 17.3. The number of hydrogen-bond acceptors (Lipinski definition) is 6. The normalized spacial score (nSPS) is 16.3. The lowest BCUT2D eigenvalue weighted by Crippen LogP contribution is -2.43. The second-order valence-electron chi connectivity index (χ2n) is 6.73. The highest BCUT2D eigenvalue weighted by atomic mass is 16.5. The number of fused-ring (bicyclic) bond motifs is 1. The molecule has 0 radical (unpaired) electrons. The molecule has 140 valence electrons. The minimum atomic E-state index is -0.120. The van der Waals surface area contributed by atoms with Crippen LogP contribution in [0.25, 0.3) is 0 Å². The summed E-state index contributed by atoms with van der Waals surface area (Å²) in [5.41, 5.74) is 2.40. The third-order valence-electron chi connectivity index (χ3n) is 4.62. The standard InChI is InChI=1S/C19H21N5O3/c1-12-4-6-20-19(22-12)26-11-16-10-23(9-15-5-7-21-24(15)16)18(25)17-8-13(2)27-14(17)3/h4-8,16H,9-11H2,1-3H3. The van der Waals surface area contributed by atoms with E-state index in [1.807, 2.05) is 37.6 Å². The van der Waals surface area contributed by atoms with Gasteiger partial charge >= 0.3 is 6.01 Å². The summed E-state index contributed by atoms with van der Waals surface area (Å²) in [6.07, 6.45) is 3.41. The molecule has 0 fully saturated rings. The first-order valence-electron chi connectivity index (χ1n) is 8.82. The number of amides is 1. The second kappa shape index (κ2) is 6.86. The second-order valence-corrected chi connectivity index (χ2v) is 6.73. The molecule has 0 spiro atoms. The topological polar surface area (TPSA) is 86.3 Å². The summed E-state index contributed by atoms with van der Waals surface area (Å²) in [5.74, 6) is 1.32. The van der Waals surface area contributed by atoms with Crippen molar-refractivity contribution in [3.05, 3.63) is 59.1 Å². The van der Waals surface area contributed by atoms with E-state index in [0.717, 1.165) is 17.1 Å². The van der Waals surface area contributed by atoms with Gasteiger partial charge in [0.15, 0.2) is 0 Å². The number of carbonyl (C=O) groups excluding carboxylic acids is 1. The minimum absolute atomic E-state index is 0.0476. The fraction of sp³-hybridized carbons (Fsp3) is 0.368. The Balaban J connectivity index is 1.54. The van der Waals surface area contributed by atoms with E-state index in [0.29, 0.717) is 37.0 Å². The summed E-state index contributed by atoms with van der Waals surface area (Å²) < 4.78 is 13.2. The average Bonchev–Trinajstić information content (AvgIpc) is 3.24. The third kappa shape index (κ3) is 3.42. The van der Waals surface area contributed by atoms with Crippen molar-refractivity contribution in [3.63, 3.8) is 0 Å². The Morgan fingerprint density at radius 3 is 2.89 bits per heavy atom. The van der Waals surface area contributed by atoms with E-state index in [4.69, 9.17) is 9.15 Å². The van der Waals surface area contributed by atoms with Crippen LogP contribution in [0.1, 0.15) is 39.3 Å². The average molecular weight is 367 g/mol. The highest BCUT2D eigenvalue weighted by Gasteiger charge is 2.31. The zero-order valence-corrected chi connectivity index (χ0v) is 15.5. The molecule has 0 aliphatic carbocycles. The Morgan fingerprint density at radius 2 is 2.15 bits per heavy atom. The highest BCUT2D eigenvalue weighted by Crippen LogP contribution is 2.24. The van der Waals surface area contributed by atoms with Gasteiger partial charge in [-0.1, -0.05) is 0 Å². The number of aromatic nitrogens is 4. The van der Waals surface area contributed by atoms with Crippen molar-refractivity contribution in [2.75, 3.05) is 13.2 Å². The summed E-state index contributed by atoms with van der Waals surface area (Å²) in [4.78, 5) is 23.2. The maximum atomic E-state index is 13.0. The number of furan rings is 1. The molecule has 8 heteroatoms. The fourth-order valence-electron chi connectivity index (χ4n) is 3.35. The van der Waals surface area contributed by atoms with Crippen LogP contribution in [0.2, 0.25) is 0 Å². The van der Waals surface area contributed by atoms with Crippen molar-refractivity contribution in [2.24, 2.45) is 0 Å². The fourth-order valence-corrected chi connectivity index (χ4v) is 3.35. The predicted octanol–water partition coefficient (Wildman–Crippen LogP) is 2.47. The van der Waals surface area contributed by atoms with Gasteiger partial charge in [0, 0.05) is 24.6 Å². The van der Waals surface area contributed by atoms with Crippen molar-refractivity contribution >= 4 is 5.91 Å². The molecule has 0 aromatic carbocycles. The SMILES string of the molecule is Cc1ccnc(OCC2CN(C(=O)c3cc(C)oc3C)Cc3ccnn32)n1. The molecule has 1 atom stereocenters. The van der Waals surface area contributed by atoms with Crippen molar-refractivity contribution in [1.82, 2.24) is 24.6 Å². The van der Waals surface area contributed by atoms with Gasteiger partial charge in [0.25, 0.3) is 5.91 Å². The van der Waals surface area contributed by atoms with Crippen LogP contribution in [0.4, 0.5) is 0 Å². The summed E-state index contributed by atoms with van der Waals surface area (Å²) in [6, 6.07) is 5.73. The summed E-state index contributed by atoms with van der Waals surface area (Å²) in [6.45, 7) is 6.85. The van der Waals surface area contributed by atoms with Crippen LogP contribution in [-0.4, -0.2) is 43.7 Å². The number of carbonyl (C=O) groups is 1. The van der Waals surface area contributed by atoms with E-state index in [1.165, 1.54) is 0 Å². The highest BCUT2D eigenvalue weighted by molar-refractivity contribution is 5.95. The molecular formula is C19H21N5O3. The number of nitrogens with zero attached hydrogens (tertiary/aromatic N) is 5. The zero-order chi connectivity index (χ0) is 19.0. The van der Waals surface area contributed by atoms with E-state index < -0.39 is 0 Å². The molecule has 1 aliphatic heterocycles.